The molecule has 0 aromatic carbocycles. The Hall–Kier alpha value is -0.130. The molecule has 0 aromatic rings. The molecule has 0 heterocycles. The van der Waals surface area contributed by atoms with Gasteiger partial charge in [0.25, 0.3) is 0 Å². The van der Waals surface area contributed by atoms with Crippen LogP contribution in [-0.4, -0.2) is 42.8 Å². The Morgan fingerprint density at radius 1 is 1.36 bits per heavy atom. The lowest BCUT2D eigenvalue weighted by atomic mass is 10.7. The van der Waals surface area contributed by atoms with Crippen molar-refractivity contribution >= 4 is 21.9 Å². The van der Waals surface area contributed by atoms with E-state index in [0.717, 1.165) is 0 Å². The number of carbonyl (C=O) groups excluding carboxylic acids is 1. The van der Waals surface area contributed by atoms with Gasteiger partial charge in [0, 0.05) is 0 Å². The molecular weight excluding hydrogens is 216 g/mol. The number of esters is 1. The van der Waals surface area contributed by atoms with Crippen molar-refractivity contribution in [3.63, 3.8) is 0 Å². The van der Waals surface area contributed by atoms with Gasteiger partial charge in [-0.3, -0.25) is 4.79 Å². The molecule has 66 valence electrons. The molecule has 1 N–H and O–H groups in total. The summed E-state index contributed by atoms with van der Waals surface area (Å²) in [6.45, 7) is 0.849. The van der Waals surface area contributed by atoms with Crippen LogP contribution in [0.1, 0.15) is 0 Å². The van der Waals surface area contributed by atoms with Gasteiger partial charge in [-0.25, -0.2) is 0 Å². The third kappa shape index (κ3) is 7.77. The fourth-order valence-corrected chi connectivity index (χ4v) is 0.581. The summed E-state index contributed by atoms with van der Waals surface area (Å²) in [6, 6.07) is 0. The van der Waals surface area contributed by atoms with Crippen molar-refractivity contribution in [2.24, 2.45) is 0 Å². The van der Waals surface area contributed by atoms with Crippen LogP contribution in [0.4, 0.5) is 0 Å². The third-order valence-electron chi connectivity index (χ3n) is 0.835. The Kier molecular flexibility index (Phi) is 7.88. The van der Waals surface area contributed by atoms with Crippen LogP contribution in [0.3, 0.4) is 0 Å². The van der Waals surface area contributed by atoms with E-state index < -0.39 is 0 Å². The quantitative estimate of drug-likeness (QED) is 0.392. The van der Waals surface area contributed by atoms with Gasteiger partial charge in [0.1, 0.15) is 11.9 Å². The number of aliphatic hydroxyl groups is 1. The SMILES string of the molecule is O=C(CBr)OCCOCCO. The average Bonchev–Trinajstić information content (AvgIpc) is 2.04. The lowest BCUT2D eigenvalue weighted by molar-refractivity contribution is -0.141. The van der Waals surface area contributed by atoms with Crippen molar-refractivity contribution in [2.45, 2.75) is 0 Å². The number of alkyl halides is 1. The summed E-state index contributed by atoms with van der Waals surface area (Å²) in [5, 5.41) is 8.48. The number of rotatable bonds is 6. The number of aliphatic hydroxyl groups excluding tert-OH is 1. The molecule has 4 nitrogen and oxygen atoms in total. The zero-order valence-corrected chi connectivity index (χ0v) is 7.67. The first-order valence-electron chi connectivity index (χ1n) is 3.21. The molecule has 0 saturated heterocycles. The summed E-state index contributed by atoms with van der Waals surface area (Å²) < 4.78 is 9.48. The molecule has 0 fully saturated rings. The van der Waals surface area contributed by atoms with Crippen LogP contribution in [0.2, 0.25) is 0 Å². The van der Waals surface area contributed by atoms with E-state index in [2.05, 4.69) is 20.7 Å². The fraction of sp³-hybridized carbons (Fsp3) is 0.833. The highest BCUT2D eigenvalue weighted by atomic mass is 79.9. The molecular formula is C6H11BrO4. The van der Waals surface area contributed by atoms with Gasteiger partial charge in [-0.05, 0) is 0 Å². The Bertz CT molecular complexity index is 107. The van der Waals surface area contributed by atoms with Crippen molar-refractivity contribution in [3.8, 4) is 0 Å². The van der Waals surface area contributed by atoms with Crippen molar-refractivity contribution < 1.29 is 19.4 Å². The molecule has 0 rings (SSSR count). The van der Waals surface area contributed by atoms with E-state index in [9.17, 15) is 4.79 Å². The maximum atomic E-state index is 10.5. The first-order valence-corrected chi connectivity index (χ1v) is 4.33. The second-order valence-corrected chi connectivity index (χ2v) is 2.25. The summed E-state index contributed by atoms with van der Waals surface area (Å²) in [5.41, 5.74) is 0. The fourth-order valence-electron chi connectivity index (χ4n) is 0.420. The van der Waals surface area contributed by atoms with Gasteiger partial charge in [0.05, 0.1) is 19.8 Å². The number of hydrogen-bond acceptors (Lipinski definition) is 4. The molecule has 0 saturated carbocycles. The second kappa shape index (κ2) is 7.97. The van der Waals surface area contributed by atoms with Crippen LogP contribution >= 0.6 is 15.9 Å². The molecule has 0 atom stereocenters. The van der Waals surface area contributed by atoms with Crippen LogP contribution in [0.25, 0.3) is 0 Å². The Morgan fingerprint density at radius 3 is 2.64 bits per heavy atom. The van der Waals surface area contributed by atoms with Crippen LogP contribution in [0.15, 0.2) is 0 Å². The topological polar surface area (TPSA) is 55.8 Å². The highest BCUT2D eigenvalue weighted by molar-refractivity contribution is 9.09. The van der Waals surface area contributed by atoms with Gasteiger partial charge < -0.3 is 14.6 Å². The lowest BCUT2D eigenvalue weighted by Gasteiger charge is -2.02. The van der Waals surface area contributed by atoms with Gasteiger partial charge in [-0.15, -0.1) is 0 Å². The van der Waals surface area contributed by atoms with E-state index in [0.29, 0.717) is 6.61 Å². The lowest BCUT2D eigenvalue weighted by Crippen LogP contribution is -2.12. The minimum Gasteiger partial charge on any atom is -0.463 e. The number of carbonyl (C=O) groups is 1. The van der Waals surface area contributed by atoms with E-state index in [4.69, 9.17) is 9.84 Å². The smallest absolute Gasteiger partial charge is 0.316 e. The van der Waals surface area contributed by atoms with E-state index in [1.165, 1.54) is 0 Å². The molecule has 0 spiro atoms. The normalized spacial score (nSPS) is 9.64. The second-order valence-electron chi connectivity index (χ2n) is 1.69. The van der Waals surface area contributed by atoms with Gasteiger partial charge in [-0.2, -0.15) is 0 Å². The van der Waals surface area contributed by atoms with Crippen LogP contribution in [0, 0.1) is 0 Å². The highest BCUT2D eigenvalue weighted by Gasteiger charge is 1.97. The summed E-state index contributed by atoms with van der Waals surface area (Å²) >= 11 is 2.94. The molecule has 11 heavy (non-hydrogen) atoms. The molecule has 0 amide bonds. The average molecular weight is 227 g/mol. The largest absolute Gasteiger partial charge is 0.463 e. The number of halogens is 1. The van der Waals surface area contributed by atoms with E-state index in [1.54, 1.807) is 0 Å². The zero-order valence-electron chi connectivity index (χ0n) is 6.09. The maximum absolute atomic E-state index is 10.5. The minimum atomic E-state index is -0.308. The molecule has 0 unspecified atom stereocenters. The molecule has 0 aliphatic carbocycles. The zero-order chi connectivity index (χ0) is 8.53. The monoisotopic (exact) mass is 226 g/mol. The highest BCUT2D eigenvalue weighted by Crippen LogP contribution is 1.85. The van der Waals surface area contributed by atoms with Gasteiger partial charge in [-0.1, -0.05) is 15.9 Å². The molecule has 0 bridgehead atoms. The van der Waals surface area contributed by atoms with E-state index >= 15 is 0 Å². The molecule has 5 heteroatoms. The standard InChI is InChI=1S/C6H11BrO4/c7-5-6(9)11-4-3-10-2-1-8/h8H,1-5H2. The van der Waals surface area contributed by atoms with Crippen LogP contribution in [0.5, 0.6) is 0 Å². The predicted octanol–water partition coefficient (Wildman–Crippen LogP) is -0.0666. The summed E-state index contributed by atoms with van der Waals surface area (Å²) in [4.78, 5) is 10.5. The number of ether oxygens (including phenoxy) is 2. The molecule has 0 radical (unpaired) electrons. The Balaban J connectivity index is 2.95. The third-order valence-corrected chi connectivity index (χ3v) is 1.29. The van der Waals surface area contributed by atoms with Crippen molar-refractivity contribution in [1.82, 2.24) is 0 Å². The summed E-state index contributed by atoms with van der Waals surface area (Å²) in [6.07, 6.45) is 0. The minimum absolute atomic E-state index is 0.00755. The van der Waals surface area contributed by atoms with Crippen LogP contribution in [-0.2, 0) is 14.3 Å². The Morgan fingerprint density at radius 2 is 2.09 bits per heavy atom. The first-order chi connectivity index (χ1) is 5.31. The van der Waals surface area contributed by atoms with Crippen LogP contribution < -0.4 is 0 Å². The van der Waals surface area contributed by atoms with Crippen molar-refractivity contribution in [2.75, 3.05) is 31.8 Å². The molecule has 0 aliphatic heterocycles. The van der Waals surface area contributed by atoms with E-state index in [1.807, 2.05) is 0 Å². The summed E-state index contributed by atoms with van der Waals surface area (Å²) in [7, 11) is 0. The maximum Gasteiger partial charge on any atom is 0.316 e. The van der Waals surface area contributed by atoms with Gasteiger partial charge in [0.2, 0.25) is 0 Å². The number of hydrogen-bond donors (Lipinski definition) is 1. The predicted molar refractivity (Wildman–Crippen MR) is 42.7 cm³/mol. The van der Waals surface area contributed by atoms with Gasteiger partial charge >= 0.3 is 5.97 Å². The van der Waals surface area contributed by atoms with E-state index in [-0.39, 0.29) is 31.1 Å². The molecule has 0 aliphatic rings. The molecule has 0 aromatic heterocycles. The Labute approximate surface area is 73.6 Å². The first kappa shape index (κ1) is 10.9. The van der Waals surface area contributed by atoms with Crippen molar-refractivity contribution in [3.05, 3.63) is 0 Å². The van der Waals surface area contributed by atoms with Crippen molar-refractivity contribution in [1.29, 1.82) is 0 Å². The van der Waals surface area contributed by atoms with Gasteiger partial charge in [0.15, 0.2) is 0 Å². The summed E-state index contributed by atoms with van der Waals surface area (Å²) in [5.74, 6) is -0.308.